The number of carbonyl (C=O) groups excluding carboxylic acids is 1. The van der Waals surface area contributed by atoms with E-state index in [-0.39, 0.29) is 11.1 Å². The maximum absolute atomic E-state index is 14.5. The molecule has 226 valence electrons. The van der Waals surface area contributed by atoms with Crippen molar-refractivity contribution < 1.29 is 50.1 Å². The molecule has 7 nitrogen and oxygen atoms in total. The van der Waals surface area contributed by atoms with Crippen LogP contribution >= 0.6 is 0 Å². The highest BCUT2D eigenvalue weighted by atomic mass is 19.4. The Morgan fingerprint density at radius 3 is 2.42 bits per heavy atom. The number of rotatable bonds is 7. The first-order valence-electron chi connectivity index (χ1n) is 12.6. The number of alkyl halides is 6. The van der Waals surface area contributed by atoms with E-state index in [4.69, 9.17) is 15.2 Å². The first kappa shape index (κ1) is 30.2. The fourth-order valence-corrected chi connectivity index (χ4v) is 4.83. The van der Waals surface area contributed by atoms with Crippen molar-refractivity contribution in [1.82, 2.24) is 9.97 Å². The summed E-state index contributed by atoms with van der Waals surface area (Å²) in [4.78, 5) is 21.0. The normalized spacial score (nSPS) is 18.2. The molecule has 0 saturated carbocycles. The second-order valence-electron chi connectivity index (χ2n) is 10.0. The third-order valence-corrected chi connectivity index (χ3v) is 7.34. The molecule has 0 fully saturated rings. The Hall–Kier alpha value is -4.30. The van der Waals surface area contributed by atoms with E-state index in [1.165, 1.54) is 13.2 Å². The van der Waals surface area contributed by atoms with Crippen LogP contribution in [0.25, 0.3) is 22.2 Å². The minimum absolute atomic E-state index is 0.0642. The van der Waals surface area contributed by atoms with Crippen molar-refractivity contribution in [2.24, 2.45) is 5.73 Å². The van der Waals surface area contributed by atoms with Crippen molar-refractivity contribution in [3.05, 3.63) is 83.4 Å². The highest BCUT2D eigenvalue weighted by Crippen LogP contribution is 2.51. The van der Waals surface area contributed by atoms with Gasteiger partial charge in [-0.3, -0.25) is 9.78 Å². The summed E-state index contributed by atoms with van der Waals surface area (Å²) in [6.45, 7) is -1.17. The van der Waals surface area contributed by atoms with E-state index < -0.39 is 77.2 Å². The topological polar surface area (TPSA) is 108 Å². The monoisotopic (exact) mass is 609 g/mol. The largest absolute Gasteiger partial charge is 0.494 e. The lowest BCUT2D eigenvalue weighted by Gasteiger charge is -2.32. The minimum Gasteiger partial charge on any atom is -0.494 e. The molecule has 3 heterocycles. The van der Waals surface area contributed by atoms with Gasteiger partial charge in [0.2, 0.25) is 5.60 Å². The average Bonchev–Trinajstić information content (AvgIpc) is 3.32. The number of hydrogen-bond donors (Lipinski definition) is 2. The molecule has 0 bridgehead atoms. The van der Waals surface area contributed by atoms with Crippen LogP contribution in [0.15, 0.2) is 60.8 Å². The first-order chi connectivity index (χ1) is 20.1. The van der Waals surface area contributed by atoms with E-state index in [9.17, 15) is 40.6 Å². The van der Waals surface area contributed by atoms with Gasteiger partial charge in [-0.15, -0.1) is 0 Å². The van der Waals surface area contributed by atoms with E-state index in [1.807, 2.05) is 0 Å². The van der Waals surface area contributed by atoms with Gasteiger partial charge < -0.3 is 20.3 Å². The van der Waals surface area contributed by atoms with Crippen LogP contribution in [0.5, 0.6) is 11.5 Å². The number of hydrogen-bond acceptors (Lipinski definition) is 7. The summed E-state index contributed by atoms with van der Waals surface area (Å²) in [5, 5.41) is 11.5. The molecule has 2 atom stereocenters. The minimum atomic E-state index is -5.50. The van der Waals surface area contributed by atoms with Gasteiger partial charge in [-0.25, -0.2) is 9.37 Å². The number of methoxy groups -OCH3 is 1. The molecular formula is C29H22F7N3O4. The van der Waals surface area contributed by atoms with Crippen molar-refractivity contribution in [1.29, 1.82) is 0 Å². The number of aliphatic hydroxyl groups is 1. The number of Topliss-reactive ketones (excluding diaryl/α,β-unsaturated/α-hetero) is 1. The zero-order valence-corrected chi connectivity index (χ0v) is 22.2. The summed E-state index contributed by atoms with van der Waals surface area (Å²) >= 11 is 0. The van der Waals surface area contributed by atoms with Gasteiger partial charge in [0.05, 0.1) is 12.8 Å². The second kappa shape index (κ2) is 10.5. The molecule has 14 heteroatoms. The Balaban J connectivity index is 1.58. The number of carbonyl (C=O) groups is 1. The van der Waals surface area contributed by atoms with Gasteiger partial charge in [-0.2, -0.15) is 26.3 Å². The summed E-state index contributed by atoms with van der Waals surface area (Å²) in [5.74, 6) is -1.71. The van der Waals surface area contributed by atoms with Crippen molar-refractivity contribution >= 4 is 16.7 Å². The summed E-state index contributed by atoms with van der Waals surface area (Å²) in [6, 6.07) is 10.7. The van der Waals surface area contributed by atoms with E-state index in [0.29, 0.717) is 22.7 Å². The Labute approximate surface area is 239 Å². The number of nitrogens with two attached hydrogens (primary N) is 1. The van der Waals surface area contributed by atoms with Crippen molar-refractivity contribution in [3.8, 4) is 22.8 Å². The summed E-state index contributed by atoms with van der Waals surface area (Å²) in [6.07, 6.45) is -11.7. The predicted octanol–water partition coefficient (Wildman–Crippen LogP) is 5.97. The number of ketones is 1. The van der Waals surface area contributed by atoms with Crippen molar-refractivity contribution in [3.63, 3.8) is 0 Å². The van der Waals surface area contributed by atoms with Crippen LogP contribution in [-0.4, -0.2) is 46.9 Å². The Morgan fingerprint density at radius 1 is 1.09 bits per heavy atom. The number of para-hydroxylation sites is 1. The van der Waals surface area contributed by atoms with Crippen molar-refractivity contribution in [2.45, 2.75) is 36.3 Å². The van der Waals surface area contributed by atoms with E-state index in [2.05, 4.69) is 9.97 Å². The fraction of sp³-hybridized carbons (Fsp3) is 0.276. The number of halogens is 7. The number of aromatic nitrogens is 2. The molecule has 2 aromatic carbocycles. The molecule has 0 aliphatic carbocycles. The van der Waals surface area contributed by atoms with Gasteiger partial charge in [0.15, 0.2) is 17.1 Å². The smallest absolute Gasteiger partial charge is 0.422 e. The predicted molar refractivity (Wildman–Crippen MR) is 139 cm³/mol. The SMILES string of the molecule is COc1cccc2cc(C(=O)CC[C@](O)(c3cc4c(c(-c5ccc(F)cc5)n3)OC[C@@]4(N)C(F)(F)F)C(F)(F)F)cnc12. The third-order valence-electron chi connectivity index (χ3n) is 7.34. The molecular weight excluding hydrogens is 587 g/mol. The van der Waals surface area contributed by atoms with Gasteiger partial charge in [-0.1, -0.05) is 12.1 Å². The Kier molecular flexibility index (Phi) is 7.33. The lowest BCUT2D eigenvalue weighted by atomic mass is 9.85. The zero-order valence-electron chi connectivity index (χ0n) is 22.2. The molecule has 0 saturated heterocycles. The molecule has 1 aliphatic heterocycles. The van der Waals surface area contributed by atoms with Gasteiger partial charge >= 0.3 is 12.4 Å². The van der Waals surface area contributed by atoms with Gasteiger partial charge in [0.25, 0.3) is 0 Å². The molecule has 3 N–H and O–H groups in total. The van der Waals surface area contributed by atoms with E-state index in [1.54, 1.807) is 18.2 Å². The summed E-state index contributed by atoms with van der Waals surface area (Å²) in [5.41, 5.74) is -3.91. The van der Waals surface area contributed by atoms with Crippen LogP contribution in [0.4, 0.5) is 30.7 Å². The highest BCUT2D eigenvalue weighted by Gasteiger charge is 2.61. The maximum atomic E-state index is 14.5. The van der Waals surface area contributed by atoms with Crippen LogP contribution in [0.3, 0.4) is 0 Å². The molecule has 0 amide bonds. The van der Waals surface area contributed by atoms with E-state index in [0.717, 1.165) is 30.5 Å². The standard InChI is InChI=1S/C29H22F7N3O4/c1-42-21-4-2-3-16-11-17(13-38-23(16)21)20(40)9-10-27(41,29(34,35)36)22-12-19-25(43-14-26(19,37)28(31,32)33)24(39-22)15-5-7-18(30)8-6-15/h2-8,11-13,41H,9-10,14,37H2,1H3/t26-,27-/m0/s1. The molecule has 0 spiro atoms. The van der Waals surface area contributed by atoms with Crippen LogP contribution < -0.4 is 15.2 Å². The van der Waals surface area contributed by atoms with Crippen LogP contribution in [0.2, 0.25) is 0 Å². The highest BCUT2D eigenvalue weighted by molar-refractivity contribution is 5.99. The second-order valence-corrected chi connectivity index (χ2v) is 10.0. The quantitative estimate of drug-likeness (QED) is 0.197. The van der Waals surface area contributed by atoms with Crippen molar-refractivity contribution in [2.75, 3.05) is 13.7 Å². The average molecular weight is 609 g/mol. The van der Waals surface area contributed by atoms with Crippen LogP contribution in [-0.2, 0) is 11.1 Å². The fourth-order valence-electron chi connectivity index (χ4n) is 4.83. The molecule has 4 aromatic rings. The summed E-state index contributed by atoms with van der Waals surface area (Å²) in [7, 11) is 1.41. The van der Waals surface area contributed by atoms with Gasteiger partial charge in [-0.05, 0) is 48.9 Å². The molecule has 43 heavy (non-hydrogen) atoms. The molecule has 2 aromatic heterocycles. The van der Waals surface area contributed by atoms with Crippen LogP contribution in [0.1, 0.15) is 34.5 Å². The number of fused-ring (bicyclic) bond motifs is 2. The Morgan fingerprint density at radius 2 is 1.79 bits per heavy atom. The Bertz CT molecular complexity index is 1710. The number of pyridine rings is 2. The first-order valence-corrected chi connectivity index (χ1v) is 12.6. The lowest BCUT2D eigenvalue weighted by molar-refractivity contribution is -0.270. The number of benzene rings is 2. The zero-order chi connectivity index (χ0) is 31.4. The molecule has 0 radical (unpaired) electrons. The third kappa shape index (κ3) is 5.14. The molecule has 5 rings (SSSR count). The number of ether oxygens (including phenoxy) is 2. The maximum Gasteiger partial charge on any atom is 0.422 e. The van der Waals surface area contributed by atoms with Gasteiger partial charge in [0.1, 0.15) is 29.4 Å². The molecule has 0 unspecified atom stereocenters. The lowest BCUT2D eigenvalue weighted by Crippen LogP contribution is -2.52. The van der Waals surface area contributed by atoms with Gasteiger partial charge in [0, 0.05) is 34.7 Å². The molecule has 1 aliphatic rings. The van der Waals surface area contributed by atoms with E-state index >= 15 is 0 Å². The number of nitrogens with zero attached hydrogens (tertiary/aromatic N) is 2. The summed E-state index contributed by atoms with van der Waals surface area (Å²) < 4.78 is 110. The van der Waals surface area contributed by atoms with Crippen LogP contribution in [0, 0.1) is 5.82 Å².